The summed E-state index contributed by atoms with van der Waals surface area (Å²) in [6.07, 6.45) is 1.43. The van der Waals surface area contributed by atoms with Gasteiger partial charge in [0.25, 0.3) is 0 Å². The Hall–Kier alpha value is -0.980. The summed E-state index contributed by atoms with van der Waals surface area (Å²) in [5, 5.41) is 0. The van der Waals surface area contributed by atoms with E-state index in [2.05, 4.69) is 32.9 Å². The van der Waals surface area contributed by atoms with Gasteiger partial charge in [-0.15, -0.1) is 0 Å². The molecule has 0 bridgehead atoms. The molecule has 0 spiro atoms. The van der Waals surface area contributed by atoms with Crippen LogP contribution in [0.4, 0.5) is 0 Å². The van der Waals surface area contributed by atoms with Gasteiger partial charge in [0, 0.05) is 6.42 Å². The van der Waals surface area contributed by atoms with Crippen LogP contribution in [0.5, 0.6) is 5.75 Å². The minimum Gasteiger partial charge on any atom is -0.490 e. The van der Waals surface area contributed by atoms with Crippen LogP contribution in [0, 0.1) is 13.8 Å². The van der Waals surface area contributed by atoms with Gasteiger partial charge in [0.05, 0.1) is 0 Å². The molecule has 1 unspecified atom stereocenters. The summed E-state index contributed by atoms with van der Waals surface area (Å²) in [4.78, 5) is 0. The van der Waals surface area contributed by atoms with Crippen molar-refractivity contribution >= 4 is 0 Å². The number of hydrogen-bond acceptors (Lipinski definition) is 1. The van der Waals surface area contributed by atoms with Crippen molar-refractivity contribution in [2.75, 3.05) is 0 Å². The van der Waals surface area contributed by atoms with Gasteiger partial charge in [-0.3, -0.25) is 0 Å². The van der Waals surface area contributed by atoms with Gasteiger partial charge in [0.15, 0.2) is 0 Å². The minimum atomic E-state index is 0.362. The predicted molar refractivity (Wildman–Crippen MR) is 49.7 cm³/mol. The lowest BCUT2D eigenvalue weighted by molar-refractivity contribution is 0.254. The largest absolute Gasteiger partial charge is 0.490 e. The lowest BCUT2D eigenvalue weighted by Gasteiger charge is -2.04. The van der Waals surface area contributed by atoms with Crippen molar-refractivity contribution in [2.24, 2.45) is 0 Å². The zero-order valence-electron chi connectivity index (χ0n) is 7.85. The zero-order valence-corrected chi connectivity index (χ0v) is 7.85. The lowest BCUT2D eigenvalue weighted by Crippen LogP contribution is -2.05. The lowest BCUT2D eigenvalue weighted by atomic mass is 10.0. The molecule has 0 saturated carbocycles. The molecule has 1 heterocycles. The smallest absolute Gasteiger partial charge is 0.123 e. The minimum absolute atomic E-state index is 0.362. The number of hydrogen-bond donors (Lipinski definition) is 0. The van der Waals surface area contributed by atoms with Crippen LogP contribution in [0.15, 0.2) is 12.1 Å². The van der Waals surface area contributed by atoms with Crippen LogP contribution >= 0.6 is 0 Å². The summed E-state index contributed by atoms with van der Waals surface area (Å²) < 4.78 is 5.64. The van der Waals surface area contributed by atoms with Gasteiger partial charge < -0.3 is 4.74 Å². The maximum absolute atomic E-state index is 5.64. The monoisotopic (exact) mass is 162 g/mol. The van der Waals surface area contributed by atoms with E-state index in [1.165, 1.54) is 16.7 Å². The maximum atomic E-state index is 5.64. The summed E-state index contributed by atoms with van der Waals surface area (Å²) >= 11 is 0. The van der Waals surface area contributed by atoms with E-state index in [1.807, 2.05) is 0 Å². The summed E-state index contributed by atoms with van der Waals surface area (Å²) in [6, 6.07) is 4.39. The Morgan fingerprint density at radius 3 is 2.67 bits per heavy atom. The SMILES string of the molecule is Cc1cc2c(cc1C)OC(C)C2. The molecule has 1 aromatic rings. The molecule has 0 amide bonds. The van der Waals surface area contributed by atoms with Crippen molar-refractivity contribution < 1.29 is 4.74 Å². The molecule has 1 atom stereocenters. The van der Waals surface area contributed by atoms with Crippen molar-refractivity contribution in [3.05, 3.63) is 28.8 Å². The average Bonchev–Trinajstić information content (AvgIpc) is 2.30. The molecular formula is C11H14O. The normalized spacial score (nSPS) is 20.4. The zero-order chi connectivity index (χ0) is 8.72. The summed E-state index contributed by atoms with van der Waals surface area (Å²) in [5.41, 5.74) is 4.06. The van der Waals surface area contributed by atoms with Crippen molar-refractivity contribution in [3.63, 3.8) is 0 Å². The Morgan fingerprint density at radius 1 is 1.25 bits per heavy atom. The first-order chi connectivity index (χ1) is 5.66. The molecule has 1 aliphatic heterocycles. The van der Waals surface area contributed by atoms with Crippen LogP contribution in [-0.4, -0.2) is 6.10 Å². The van der Waals surface area contributed by atoms with Crippen LogP contribution in [0.2, 0.25) is 0 Å². The molecule has 2 rings (SSSR count). The summed E-state index contributed by atoms with van der Waals surface area (Å²) in [7, 11) is 0. The molecule has 0 fully saturated rings. The number of benzene rings is 1. The first-order valence-corrected chi connectivity index (χ1v) is 4.43. The Bertz CT molecular complexity index is 284. The van der Waals surface area contributed by atoms with E-state index in [1.54, 1.807) is 0 Å². The van der Waals surface area contributed by atoms with Gasteiger partial charge in [-0.2, -0.15) is 0 Å². The van der Waals surface area contributed by atoms with Crippen molar-refractivity contribution in [2.45, 2.75) is 33.3 Å². The molecule has 0 N–H and O–H groups in total. The summed E-state index contributed by atoms with van der Waals surface area (Å²) in [6.45, 7) is 6.39. The first kappa shape index (κ1) is 7.66. The molecular weight excluding hydrogens is 148 g/mol. The topological polar surface area (TPSA) is 9.23 Å². The Kier molecular flexibility index (Phi) is 1.60. The number of rotatable bonds is 0. The van der Waals surface area contributed by atoms with E-state index >= 15 is 0 Å². The molecule has 1 aliphatic rings. The highest BCUT2D eigenvalue weighted by molar-refractivity contribution is 5.44. The van der Waals surface area contributed by atoms with Crippen LogP contribution < -0.4 is 4.74 Å². The second kappa shape index (κ2) is 2.51. The van der Waals surface area contributed by atoms with Crippen LogP contribution in [-0.2, 0) is 6.42 Å². The third kappa shape index (κ3) is 1.09. The van der Waals surface area contributed by atoms with E-state index in [4.69, 9.17) is 4.74 Å². The van der Waals surface area contributed by atoms with E-state index < -0.39 is 0 Å². The molecule has 1 aromatic carbocycles. The number of aryl methyl sites for hydroxylation is 2. The van der Waals surface area contributed by atoms with Crippen molar-refractivity contribution in [1.29, 1.82) is 0 Å². The second-order valence-corrected chi connectivity index (χ2v) is 3.68. The maximum Gasteiger partial charge on any atom is 0.123 e. The average molecular weight is 162 g/mol. The van der Waals surface area contributed by atoms with Crippen molar-refractivity contribution in [3.8, 4) is 5.75 Å². The molecule has 1 heteroatoms. The van der Waals surface area contributed by atoms with Gasteiger partial charge >= 0.3 is 0 Å². The fourth-order valence-electron chi connectivity index (χ4n) is 1.69. The molecule has 0 saturated heterocycles. The van der Waals surface area contributed by atoms with Crippen LogP contribution in [0.1, 0.15) is 23.6 Å². The third-order valence-electron chi connectivity index (χ3n) is 2.51. The fraction of sp³-hybridized carbons (Fsp3) is 0.455. The molecule has 64 valence electrons. The highest BCUT2D eigenvalue weighted by Gasteiger charge is 2.19. The van der Waals surface area contributed by atoms with Gasteiger partial charge in [-0.1, -0.05) is 6.07 Å². The van der Waals surface area contributed by atoms with E-state index in [0.29, 0.717) is 6.10 Å². The number of ether oxygens (including phenoxy) is 1. The molecule has 12 heavy (non-hydrogen) atoms. The van der Waals surface area contributed by atoms with Gasteiger partial charge in [-0.25, -0.2) is 0 Å². The Morgan fingerprint density at radius 2 is 1.92 bits per heavy atom. The quantitative estimate of drug-likeness (QED) is 0.569. The number of fused-ring (bicyclic) bond motifs is 1. The fourth-order valence-corrected chi connectivity index (χ4v) is 1.69. The van der Waals surface area contributed by atoms with E-state index in [9.17, 15) is 0 Å². The second-order valence-electron chi connectivity index (χ2n) is 3.68. The van der Waals surface area contributed by atoms with Gasteiger partial charge in [-0.05, 0) is 43.5 Å². The first-order valence-electron chi connectivity index (χ1n) is 4.43. The Labute approximate surface area is 73.4 Å². The highest BCUT2D eigenvalue weighted by atomic mass is 16.5. The summed E-state index contributed by atoms with van der Waals surface area (Å²) in [5.74, 6) is 1.09. The van der Waals surface area contributed by atoms with Crippen LogP contribution in [0.25, 0.3) is 0 Å². The van der Waals surface area contributed by atoms with Crippen LogP contribution in [0.3, 0.4) is 0 Å². The molecule has 0 aliphatic carbocycles. The van der Waals surface area contributed by atoms with Gasteiger partial charge in [0.2, 0.25) is 0 Å². The standard InChI is InChI=1S/C11H14O/c1-7-4-10-6-9(3)12-11(10)5-8(7)2/h4-5,9H,6H2,1-3H3. The third-order valence-corrected chi connectivity index (χ3v) is 2.51. The molecule has 0 radical (unpaired) electrons. The highest BCUT2D eigenvalue weighted by Crippen LogP contribution is 2.30. The predicted octanol–water partition coefficient (Wildman–Crippen LogP) is 2.63. The van der Waals surface area contributed by atoms with E-state index in [-0.39, 0.29) is 0 Å². The van der Waals surface area contributed by atoms with Gasteiger partial charge in [0.1, 0.15) is 11.9 Å². The van der Waals surface area contributed by atoms with E-state index in [0.717, 1.165) is 12.2 Å². The molecule has 1 nitrogen and oxygen atoms in total. The Balaban J connectivity index is 2.48. The molecule has 0 aromatic heterocycles. The van der Waals surface area contributed by atoms with Crippen molar-refractivity contribution in [1.82, 2.24) is 0 Å².